The van der Waals surface area contributed by atoms with Gasteiger partial charge in [0.15, 0.2) is 0 Å². The van der Waals surface area contributed by atoms with Crippen LogP contribution in [-0.4, -0.2) is 37.9 Å². The zero-order valence-corrected chi connectivity index (χ0v) is 10.5. The minimum Gasteiger partial charge on any atom is -0.497 e. The molecule has 0 aliphatic carbocycles. The molecule has 98 valence electrons. The molecule has 0 spiro atoms. The van der Waals surface area contributed by atoms with Gasteiger partial charge in [-0.25, -0.2) is 0 Å². The van der Waals surface area contributed by atoms with Crippen molar-refractivity contribution >= 4 is 5.97 Å². The summed E-state index contributed by atoms with van der Waals surface area (Å²) >= 11 is 0. The molecule has 5 nitrogen and oxygen atoms in total. The van der Waals surface area contributed by atoms with Gasteiger partial charge in [-0.2, -0.15) is 0 Å². The molecule has 2 rings (SSSR count). The normalized spacial score (nSPS) is 22.8. The number of rotatable bonds is 4. The highest BCUT2D eigenvalue weighted by Gasteiger charge is 2.35. The maximum absolute atomic E-state index is 11.2. The lowest BCUT2D eigenvalue weighted by Crippen LogP contribution is -2.34. The van der Waals surface area contributed by atoms with E-state index in [1.165, 1.54) is 0 Å². The van der Waals surface area contributed by atoms with Gasteiger partial charge in [-0.15, -0.1) is 0 Å². The summed E-state index contributed by atoms with van der Waals surface area (Å²) in [5.41, 5.74) is 0.913. The molecule has 1 aliphatic rings. The number of carboxylic acids is 1. The van der Waals surface area contributed by atoms with Crippen LogP contribution in [0.5, 0.6) is 11.5 Å². The summed E-state index contributed by atoms with van der Waals surface area (Å²) in [6.07, 6.45) is 0.791. The van der Waals surface area contributed by atoms with E-state index in [9.17, 15) is 9.90 Å². The molecule has 1 fully saturated rings. The predicted molar refractivity (Wildman–Crippen MR) is 66.3 cm³/mol. The third-order valence-electron chi connectivity index (χ3n) is 3.33. The largest absolute Gasteiger partial charge is 0.497 e. The highest BCUT2D eigenvalue weighted by Crippen LogP contribution is 2.36. The van der Waals surface area contributed by atoms with E-state index in [0.717, 1.165) is 12.0 Å². The molecule has 1 aromatic carbocycles. The monoisotopic (exact) mass is 251 g/mol. The fourth-order valence-corrected chi connectivity index (χ4v) is 2.42. The maximum atomic E-state index is 11.2. The Morgan fingerprint density at radius 1 is 1.39 bits per heavy atom. The molecule has 1 aliphatic heterocycles. The SMILES string of the molecule is COc1ccc(C2CCNC2C(=O)O)c(OC)c1. The first-order valence-corrected chi connectivity index (χ1v) is 5.85. The molecule has 2 unspecified atom stereocenters. The Labute approximate surface area is 106 Å². The third kappa shape index (κ3) is 2.26. The summed E-state index contributed by atoms with van der Waals surface area (Å²) in [7, 11) is 3.17. The van der Waals surface area contributed by atoms with E-state index in [1.807, 2.05) is 12.1 Å². The van der Waals surface area contributed by atoms with Crippen LogP contribution in [0.4, 0.5) is 0 Å². The van der Waals surface area contributed by atoms with Crippen molar-refractivity contribution < 1.29 is 19.4 Å². The number of aliphatic carboxylic acids is 1. The first-order valence-electron chi connectivity index (χ1n) is 5.85. The second kappa shape index (κ2) is 5.27. The minimum absolute atomic E-state index is 0.0663. The van der Waals surface area contributed by atoms with Gasteiger partial charge in [0.25, 0.3) is 0 Å². The van der Waals surface area contributed by atoms with Gasteiger partial charge >= 0.3 is 5.97 Å². The van der Waals surface area contributed by atoms with E-state index >= 15 is 0 Å². The predicted octanol–water partition coefficient (Wildman–Crippen LogP) is 1.23. The van der Waals surface area contributed by atoms with Crippen LogP contribution in [-0.2, 0) is 4.79 Å². The van der Waals surface area contributed by atoms with Crippen molar-refractivity contribution in [2.75, 3.05) is 20.8 Å². The molecule has 0 radical (unpaired) electrons. The van der Waals surface area contributed by atoms with Crippen LogP contribution in [0, 0.1) is 0 Å². The summed E-state index contributed by atoms with van der Waals surface area (Å²) in [4.78, 5) is 11.2. The second-order valence-corrected chi connectivity index (χ2v) is 4.27. The number of nitrogens with one attached hydrogen (secondary N) is 1. The minimum atomic E-state index is -0.824. The molecular formula is C13H17NO4. The number of carbonyl (C=O) groups is 1. The van der Waals surface area contributed by atoms with Crippen LogP contribution in [0.15, 0.2) is 18.2 Å². The lowest BCUT2D eigenvalue weighted by atomic mass is 9.91. The van der Waals surface area contributed by atoms with Crippen LogP contribution >= 0.6 is 0 Å². The summed E-state index contributed by atoms with van der Waals surface area (Å²) in [6.45, 7) is 0.705. The van der Waals surface area contributed by atoms with Gasteiger partial charge in [0, 0.05) is 12.0 Å². The highest BCUT2D eigenvalue weighted by molar-refractivity contribution is 5.76. The van der Waals surface area contributed by atoms with Gasteiger partial charge < -0.3 is 19.9 Å². The van der Waals surface area contributed by atoms with Crippen molar-refractivity contribution in [3.63, 3.8) is 0 Å². The third-order valence-corrected chi connectivity index (χ3v) is 3.33. The van der Waals surface area contributed by atoms with E-state index in [0.29, 0.717) is 18.0 Å². The molecule has 2 atom stereocenters. The summed E-state index contributed by atoms with van der Waals surface area (Å²) in [5.74, 6) is 0.487. The number of methoxy groups -OCH3 is 2. The van der Waals surface area contributed by atoms with Crippen molar-refractivity contribution in [3.05, 3.63) is 23.8 Å². The van der Waals surface area contributed by atoms with Gasteiger partial charge in [0.1, 0.15) is 17.5 Å². The van der Waals surface area contributed by atoms with Crippen LogP contribution in [0.2, 0.25) is 0 Å². The lowest BCUT2D eigenvalue weighted by molar-refractivity contribution is -0.139. The molecule has 2 N–H and O–H groups in total. The molecule has 1 saturated heterocycles. The number of ether oxygens (including phenoxy) is 2. The Morgan fingerprint density at radius 2 is 2.17 bits per heavy atom. The van der Waals surface area contributed by atoms with Crippen LogP contribution in [0.25, 0.3) is 0 Å². The van der Waals surface area contributed by atoms with Crippen molar-refractivity contribution in [3.8, 4) is 11.5 Å². The molecule has 0 aromatic heterocycles. The lowest BCUT2D eigenvalue weighted by Gasteiger charge is -2.19. The van der Waals surface area contributed by atoms with Crippen LogP contribution in [0.3, 0.4) is 0 Å². The number of hydrogen-bond acceptors (Lipinski definition) is 4. The quantitative estimate of drug-likeness (QED) is 0.842. The Morgan fingerprint density at radius 3 is 2.78 bits per heavy atom. The van der Waals surface area contributed by atoms with Crippen LogP contribution < -0.4 is 14.8 Å². The molecule has 1 heterocycles. The molecular weight excluding hydrogens is 234 g/mol. The molecule has 0 amide bonds. The molecule has 0 bridgehead atoms. The van der Waals surface area contributed by atoms with Gasteiger partial charge in [-0.1, -0.05) is 6.07 Å². The Bertz CT molecular complexity index is 447. The van der Waals surface area contributed by atoms with E-state index in [1.54, 1.807) is 20.3 Å². The van der Waals surface area contributed by atoms with E-state index in [4.69, 9.17) is 9.47 Å². The Hall–Kier alpha value is -1.75. The molecule has 5 heteroatoms. The van der Waals surface area contributed by atoms with Gasteiger partial charge in [-0.3, -0.25) is 4.79 Å². The summed E-state index contributed by atoms with van der Waals surface area (Å²) < 4.78 is 10.5. The van der Waals surface area contributed by atoms with E-state index < -0.39 is 12.0 Å². The second-order valence-electron chi connectivity index (χ2n) is 4.27. The van der Waals surface area contributed by atoms with Gasteiger partial charge in [0.05, 0.1) is 14.2 Å². The highest BCUT2D eigenvalue weighted by atomic mass is 16.5. The average molecular weight is 251 g/mol. The molecule has 1 aromatic rings. The maximum Gasteiger partial charge on any atom is 0.321 e. The Kier molecular flexibility index (Phi) is 3.72. The van der Waals surface area contributed by atoms with E-state index in [-0.39, 0.29) is 5.92 Å². The van der Waals surface area contributed by atoms with Gasteiger partial charge in [-0.05, 0) is 24.6 Å². The van der Waals surface area contributed by atoms with Crippen LogP contribution in [0.1, 0.15) is 17.9 Å². The van der Waals surface area contributed by atoms with Crippen molar-refractivity contribution in [2.24, 2.45) is 0 Å². The topological polar surface area (TPSA) is 67.8 Å². The molecule has 0 saturated carbocycles. The first-order chi connectivity index (χ1) is 8.67. The zero-order valence-electron chi connectivity index (χ0n) is 10.5. The number of benzene rings is 1. The average Bonchev–Trinajstić information content (AvgIpc) is 2.87. The van der Waals surface area contributed by atoms with Crippen molar-refractivity contribution in [1.82, 2.24) is 5.32 Å². The zero-order chi connectivity index (χ0) is 13.1. The van der Waals surface area contributed by atoms with Gasteiger partial charge in [0.2, 0.25) is 0 Å². The number of hydrogen-bond donors (Lipinski definition) is 2. The van der Waals surface area contributed by atoms with Crippen molar-refractivity contribution in [1.29, 1.82) is 0 Å². The standard InChI is InChI=1S/C13H17NO4/c1-17-8-3-4-9(11(7-8)18-2)10-5-6-14-12(10)13(15)16/h3-4,7,10,12,14H,5-6H2,1-2H3,(H,15,16). The molecule has 18 heavy (non-hydrogen) atoms. The smallest absolute Gasteiger partial charge is 0.321 e. The first kappa shape index (κ1) is 12.7. The van der Waals surface area contributed by atoms with E-state index in [2.05, 4.69) is 5.32 Å². The summed E-state index contributed by atoms with van der Waals surface area (Å²) in [6, 6.07) is 4.94. The fourth-order valence-electron chi connectivity index (χ4n) is 2.42. The Balaban J connectivity index is 2.35. The fraction of sp³-hybridized carbons (Fsp3) is 0.462. The van der Waals surface area contributed by atoms with Crippen molar-refractivity contribution in [2.45, 2.75) is 18.4 Å². The number of carboxylic acid groups (broad SMARTS) is 1. The summed E-state index contributed by atoms with van der Waals surface area (Å²) in [5, 5.41) is 12.2.